The first-order valence-electron chi connectivity index (χ1n) is 7.05. The molecule has 4 nitrogen and oxygen atoms in total. The third kappa shape index (κ3) is 4.76. The minimum atomic E-state index is -0.891. The second-order valence-electron chi connectivity index (χ2n) is 6.30. The highest BCUT2D eigenvalue weighted by molar-refractivity contribution is 5.87. The van der Waals surface area contributed by atoms with E-state index in [1.54, 1.807) is 12.1 Å². The van der Waals surface area contributed by atoms with Crippen LogP contribution >= 0.6 is 0 Å². The van der Waals surface area contributed by atoms with Crippen molar-refractivity contribution in [1.82, 2.24) is 9.88 Å². The van der Waals surface area contributed by atoms with Crippen molar-refractivity contribution in [3.63, 3.8) is 0 Å². The minimum Gasteiger partial charge on any atom is -0.478 e. The van der Waals surface area contributed by atoms with Crippen LogP contribution in [-0.2, 0) is 13.1 Å². The number of nitrogens with zero attached hydrogens (tertiary/aromatic N) is 1. The molecule has 0 aliphatic rings. The molecule has 2 N–H and O–H groups in total. The normalized spacial score (nSPS) is 11.6. The Hall–Kier alpha value is -2.07. The number of hydrogen-bond donors (Lipinski definition) is 2. The van der Waals surface area contributed by atoms with Crippen LogP contribution in [0.1, 0.15) is 42.3 Å². The molecule has 0 atom stereocenters. The van der Waals surface area contributed by atoms with Gasteiger partial charge in [-0.1, -0.05) is 12.1 Å². The summed E-state index contributed by atoms with van der Waals surface area (Å²) in [5.74, 6) is -0.891. The van der Waals surface area contributed by atoms with E-state index in [0.717, 1.165) is 18.7 Å². The number of aromatic nitrogens is 1. The quantitative estimate of drug-likeness (QED) is 0.888. The van der Waals surface area contributed by atoms with Crippen molar-refractivity contribution in [3.8, 4) is 0 Å². The molecule has 1 aromatic heterocycles. The average molecular weight is 286 g/mol. The SMILES string of the molecule is CC(C)(C)NCc1ccn(Cc2ccc(C(=O)O)cc2)c1. The van der Waals surface area contributed by atoms with Crippen molar-refractivity contribution >= 4 is 5.97 Å². The smallest absolute Gasteiger partial charge is 0.335 e. The first kappa shape index (κ1) is 15.3. The van der Waals surface area contributed by atoms with Crippen LogP contribution in [0.5, 0.6) is 0 Å². The largest absolute Gasteiger partial charge is 0.478 e. The Morgan fingerprint density at radius 2 is 1.81 bits per heavy atom. The molecule has 1 heterocycles. The molecule has 0 radical (unpaired) electrons. The van der Waals surface area contributed by atoms with E-state index < -0.39 is 5.97 Å². The van der Waals surface area contributed by atoms with Gasteiger partial charge in [-0.3, -0.25) is 0 Å². The Labute approximate surface area is 125 Å². The maximum Gasteiger partial charge on any atom is 0.335 e. The lowest BCUT2D eigenvalue weighted by atomic mass is 10.1. The standard InChI is InChI=1S/C17H22N2O2/c1-17(2,3)18-10-14-8-9-19(12-14)11-13-4-6-15(7-5-13)16(20)21/h4-9,12,18H,10-11H2,1-3H3,(H,20,21). The van der Waals surface area contributed by atoms with Gasteiger partial charge < -0.3 is 15.0 Å². The first-order valence-corrected chi connectivity index (χ1v) is 7.05. The number of rotatable bonds is 5. The zero-order valence-corrected chi connectivity index (χ0v) is 12.8. The lowest BCUT2D eigenvalue weighted by Crippen LogP contribution is -2.34. The Kier molecular flexibility index (Phi) is 4.48. The van der Waals surface area contributed by atoms with Gasteiger partial charge in [-0.05, 0) is 50.1 Å². The summed E-state index contributed by atoms with van der Waals surface area (Å²) >= 11 is 0. The Morgan fingerprint density at radius 1 is 1.14 bits per heavy atom. The van der Waals surface area contributed by atoms with Gasteiger partial charge in [0.05, 0.1) is 5.56 Å². The predicted molar refractivity (Wildman–Crippen MR) is 83.5 cm³/mol. The molecular weight excluding hydrogens is 264 g/mol. The van der Waals surface area contributed by atoms with Crippen molar-refractivity contribution in [2.24, 2.45) is 0 Å². The maximum absolute atomic E-state index is 10.8. The van der Waals surface area contributed by atoms with E-state index in [1.807, 2.05) is 18.3 Å². The molecule has 2 aromatic rings. The van der Waals surface area contributed by atoms with E-state index in [1.165, 1.54) is 5.56 Å². The fraction of sp³-hybridized carbons (Fsp3) is 0.353. The highest BCUT2D eigenvalue weighted by atomic mass is 16.4. The van der Waals surface area contributed by atoms with Crippen LogP contribution in [0, 0.1) is 0 Å². The fourth-order valence-electron chi connectivity index (χ4n) is 2.02. The van der Waals surface area contributed by atoms with Gasteiger partial charge in [-0.2, -0.15) is 0 Å². The van der Waals surface area contributed by atoms with Crippen LogP contribution in [0.4, 0.5) is 0 Å². The monoisotopic (exact) mass is 286 g/mol. The van der Waals surface area contributed by atoms with Gasteiger partial charge >= 0.3 is 5.97 Å². The molecule has 4 heteroatoms. The fourth-order valence-corrected chi connectivity index (χ4v) is 2.02. The summed E-state index contributed by atoms with van der Waals surface area (Å²) in [4.78, 5) is 10.8. The molecular formula is C17H22N2O2. The molecule has 0 fully saturated rings. The van der Waals surface area contributed by atoms with Crippen molar-refractivity contribution < 1.29 is 9.90 Å². The van der Waals surface area contributed by atoms with Crippen LogP contribution in [0.15, 0.2) is 42.7 Å². The second-order valence-corrected chi connectivity index (χ2v) is 6.30. The maximum atomic E-state index is 10.8. The minimum absolute atomic E-state index is 0.106. The molecule has 0 aliphatic carbocycles. The zero-order chi connectivity index (χ0) is 15.5. The molecule has 0 saturated carbocycles. The number of aromatic carboxylic acids is 1. The first-order chi connectivity index (χ1) is 9.83. The summed E-state index contributed by atoms with van der Waals surface area (Å²) in [7, 11) is 0. The second kappa shape index (κ2) is 6.14. The highest BCUT2D eigenvalue weighted by Crippen LogP contribution is 2.10. The molecule has 2 rings (SSSR count). The van der Waals surface area contributed by atoms with Crippen molar-refractivity contribution in [1.29, 1.82) is 0 Å². The van der Waals surface area contributed by atoms with E-state index in [0.29, 0.717) is 5.56 Å². The number of carbonyl (C=O) groups is 1. The topological polar surface area (TPSA) is 54.3 Å². The summed E-state index contributed by atoms with van der Waals surface area (Å²) in [6.07, 6.45) is 4.16. The van der Waals surface area contributed by atoms with Gasteiger partial charge in [-0.25, -0.2) is 4.79 Å². The molecule has 0 spiro atoms. The van der Waals surface area contributed by atoms with Crippen LogP contribution in [-0.4, -0.2) is 21.2 Å². The van der Waals surface area contributed by atoms with Crippen LogP contribution in [0.25, 0.3) is 0 Å². The van der Waals surface area contributed by atoms with Crippen LogP contribution in [0.2, 0.25) is 0 Å². The molecule has 112 valence electrons. The lowest BCUT2D eigenvalue weighted by Gasteiger charge is -2.19. The Bertz CT molecular complexity index is 606. The molecule has 0 aliphatic heterocycles. The Morgan fingerprint density at radius 3 is 2.38 bits per heavy atom. The molecule has 0 saturated heterocycles. The van der Waals surface area contributed by atoms with Crippen molar-refractivity contribution in [3.05, 3.63) is 59.4 Å². The van der Waals surface area contributed by atoms with Gasteiger partial charge in [0.1, 0.15) is 0 Å². The lowest BCUT2D eigenvalue weighted by molar-refractivity contribution is 0.0697. The number of carboxylic acid groups (broad SMARTS) is 1. The summed E-state index contributed by atoms with van der Waals surface area (Å²) in [6, 6.07) is 9.10. The third-order valence-electron chi connectivity index (χ3n) is 3.20. The van der Waals surface area contributed by atoms with Gasteiger partial charge in [0, 0.05) is 31.0 Å². The molecule has 0 amide bonds. The summed E-state index contributed by atoms with van der Waals surface area (Å²) in [6.45, 7) is 8.03. The van der Waals surface area contributed by atoms with Gasteiger partial charge in [0.15, 0.2) is 0 Å². The van der Waals surface area contributed by atoms with Gasteiger partial charge in [0.25, 0.3) is 0 Å². The molecule has 21 heavy (non-hydrogen) atoms. The van der Waals surface area contributed by atoms with E-state index in [9.17, 15) is 4.79 Å². The Balaban J connectivity index is 1.97. The van der Waals surface area contributed by atoms with Crippen molar-refractivity contribution in [2.75, 3.05) is 0 Å². The molecule has 0 unspecified atom stereocenters. The van der Waals surface area contributed by atoms with E-state index >= 15 is 0 Å². The van der Waals surface area contributed by atoms with Gasteiger partial charge in [-0.15, -0.1) is 0 Å². The number of nitrogens with one attached hydrogen (secondary N) is 1. The highest BCUT2D eigenvalue weighted by Gasteiger charge is 2.09. The molecule has 0 bridgehead atoms. The van der Waals surface area contributed by atoms with Crippen molar-refractivity contribution in [2.45, 2.75) is 39.4 Å². The third-order valence-corrected chi connectivity index (χ3v) is 3.20. The van der Waals surface area contributed by atoms with Gasteiger partial charge in [0.2, 0.25) is 0 Å². The summed E-state index contributed by atoms with van der Waals surface area (Å²) in [5, 5.41) is 12.3. The van der Waals surface area contributed by atoms with Crippen LogP contribution in [0.3, 0.4) is 0 Å². The summed E-state index contributed by atoms with van der Waals surface area (Å²) < 4.78 is 2.11. The molecule has 1 aromatic carbocycles. The van der Waals surface area contributed by atoms with E-state index in [4.69, 9.17) is 5.11 Å². The number of carboxylic acids is 1. The summed E-state index contributed by atoms with van der Waals surface area (Å²) in [5.41, 5.74) is 2.76. The average Bonchev–Trinajstić information content (AvgIpc) is 2.84. The number of hydrogen-bond acceptors (Lipinski definition) is 2. The van der Waals surface area contributed by atoms with Crippen LogP contribution < -0.4 is 5.32 Å². The zero-order valence-electron chi connectivity index (χ0n) is 12.8. The van der Waals surface area contributed by atoms with E-state index in [2.05, 4.69) is 42.9 Å². The van der Waals surface area contributed by atoms with E-state index in [-0.39, 0.29) is 5.54 Å². The number of benzene rings is 1. The predicted octanol–water partition coefficient (Wildman–Crippen LogP) is 3.12.